The number of aromatic amines is 1. The maximum Gasteiger partial charge on any atom is 0.257 e. The van der Waals surface area contributed by atoms with Crippen molar-refractivity contribution in [3.8, 4) is 34.3 Å². The Labute approximate surface area is 238 Å². The number of Topliss-reactive ketones (excluding diaryl/α,β-unsaturated/α-hetero) is 1. The Morgan fingerprint density at radius 1 is 0.976 bits per heavy atom. The number of hydrogen-bond acceptors (Lipinski definition) is 7. The summed E-state index contributed by atoms with van der Waals surface area (Å²) >= 11 is 0. The van der Waals surface area contributed by atoms with Crippen molar-refractivity contribution < 1.29 is 27.8 Å². The first-order valence-electron chi connectivity index (χ1n) is 13.2. The summed E-state index contributed by atoms with van der Waals surface area (Å²) in [5.74, 6) is -0.617. The molecular weight excluding hydrogens is 544 g/mol. The number of hydrogen-bond donors (Lipinski definition) is 1. The number of nitrogens with one attached hydrogen (secondary N) is 1. The maximum atomic E-state index is 15.2. The number of methoxy groups -OCH3 is 2. The highest BCUT2D eigenvalue weighted by Gasteiger charge is 2.30. The van der Waals surface area contributed by atoms with Gasteiger partial charge in [-0.15, -0.1) is 0 Å². The summed E-state index contributed by atoms with van der Waals surface area (Å²) in [5, 5.41) is 0. The zero-order valence-corrected chi connectivity index (χ0v) is 22.7. The Bertz CT molecular complexity index is 1890. The van der Waals surface area contributed by atoms with E-state index in [9.17, 15) is 14.0 Å². The lowest BCUT2D eigenvalue weighted by atomic mass is 9.96. The van der Waals surface area contributed by atoms with E-state index in [0.29, 0.717) is 33.5 Å². The summed E-state index contributed by atoms with van der Waals surface area (Å²) in [7, 11) is 2.93. The predicted molar refractivity (Wildman–Crippen MR) is 152 cm³/mol. The van der Waals surface area contributed by atoms with Crippen LogP contribution in [0.2, 0.25) is 0 Å². The number of fused-ring (bicyclic) bond motifs is 1. The number of carbonyl (C=O) groups is 1. The molecule has 3 heterocycles. The molecule has 42 heavy (non-hydrogen) atoms. The number of pyridine rings is 3. The lowest BCUT2D eigenvalue weighted by molar-refractivity contribution is 0.0991. The fourth-order valence-corrected chi connectivity index (χ4v) is 4.87. The molecule has 5 aromatic rings. The first-order chi connectivity index (χ1) is 20.4. The average molecular weight is 570 g/mol. The number of carbonyl (C=O) groups excluding carboxylic acids is 1. The highest BCUT2D eigenvalue weighted by molar-refractivity contribution is 5.98. The molecule has 1 saturated carbocycles. The van der Waals surface area contributed by atoms with Gasteiger partial charge in [0.25, 0.3) is 5.88 Å². The van der Waals surface area contributed by atoms with Gasteiger partial charge in [0.2, 0.25) is 0 Å². The van der Waals surface area contributed by atoms with Gasteiger partial charge in [0.15, 0.2) is 34.3 Å². The van der Waals surface area contributed by atoms with E-state index in [-0.39, 0.29) is 35.3 Å². The molecule has 2 aromatic carbocycles. The molecule has 10 heteroatoms. The molecular formula is C32H25F2N3O5. The normalized spacial score (nSPS) is 12.8. The Morgan fingerprint density at radius 2 is 1.76 bits per heavy atom. The summed E-state index contributed by atoms with van der Waals surface area (Å²) in [4.78, 5) is 38.5. The summed E-state index contributed by atoms with van der Waals surface area (Å²) < 4.78 is 45.1. The minimum Gasteiger partial charge on any atom is -0.491 e. The van der Waals surface area contributed by atoms with E-state index in [1.54, 1.807) is 18.2 Å². The number of benzene rings is 2. The van der Waals surface area contributed by atoms with Crippen molar-refractivity contribution in [3.63, 3.8) is 0 Å². The molecule has 6 rings (SSSR count). The van der Waals surface area contributed by atoms with Crippen LogP contribution < -0.4 is 19.6 Å². The number of rotatable bonds is 9. The van der Waals surface area contributed by atoms with E-state index in [4.69, 9.17) is 14.2 Å². The molecule has 212 valence electrons. The van der Waals surface area contributed by atoms with Crippen LogP contribution in [0.1, 0.15) is 40.4 Å². The van der Waals surface area contributed by atoms with Crippen molar-refractivity contribution in [2.45, 2.75) is 25.2 Å². The minimum absolute atomic E-state index is 0.0434. The van der Waals surface area contributed by atoms with Crippen molar-refractivity contribution >= 4 is 16.8 Å². The Hall–Kier alpha value is -5.12. The number of ketones is 1. The number of aromatic nitrogens is 3. The van der Waals surface area contributed by atoms with Gasteiger partial charge < -0.3 is 19.2 Å². The quantitative estimate of drug-likeness (QED) is 0.206. The molecule has 0 radical (unpaired) electrons. The van der Waals surface area contributed by atoms with Crippen molar-refractivity contribution in [1.82, 2.24) is 15.0 Å². The standard InChI is InChI=1S/C32H25F2N3O5/c1-40-27-15-23-30(37-32(27)41-2)26(11-12-35-23)42-25-10-3-17(13-22(25)34)14-24(38)21-16-36-29(19-4-5-19)28(31(21)39)18-6-8-20(33)9-7-18/h3,6-13,15-16,19H,4-5,14H2,1-2H3,(H,36,39). The van der Waals surface area contributed by atoms with Crippen LogP contribution in [0.25, 0.3) is 22.2 Å². The van der Waals surface area contributed by atoms with Gasteiger partial charge in [0.05, 0.1) is 25.3 Å². The Morgan fingerprint density at radius 3 is 2.45 bits per heavy atom. The average Bonchev–Trinajstić information content (AvgIpc) is 3.84. The molecule has 3 aromatic heterocycles. The number of ether oxygens (including phenoxy) is 3. The lowest BCUT2D eigenvalue weighted by Crippen LogP contribution is -2.21. The van der Waals surface area contributed by atoms with Crippen LogP contribution in [0.5, 0.6) is 23.1 Å². The van der Waals surface area contributed by atoms with Gasteiger partial charge in [-0.2, -0.15) is 0 Å². The topological polar surface area (TPSA) is 103 Å². The number of H-pyrrole nitrogens is 1. The zero-order valence-electron chi connectivity index (χ0n) is 22.7. The van der Waals surface area contributed by atoms with Gasteiger partial charge in [-0.05, 0) is 54.2 Å². The molecule has 0 amide bonds. The molecule has 0 spiro atoms. The molecule has 0 saturated heterocycles. The molecule has 8 nitrogen and oxygen atoms in total. The second-order valence-corrected chi connectivity index (χ2v) is 9.94. The SMILES string of the molecule is COc1cc2nccc(Oc3ccc(CC(=O)c4c[nH]c(C5CC5)c(-c5ccc(F)cc5)c4=O)cc3F)c2nc1OC. The maximum absolute atomic E-state index is 15.2. The van der Waals surface area contributed by atoms with Gasteiger partial charge in [-0.3, -0.25) is 14.6 Å². The minimum atomic E-state index is -0.698. The summed E-state index contributed by atoms with van der Waals surface area (Å²) in [6.07, 6.45) is 4.57. The largest absolute Gasteiger partial charge is 0.491 e. The first-order valence-corrected chi connectivity index (χ1v) is 13.2. The fourth-order valence-electron chi connectivity index (χ4n) is 4.87. The van der Waals surface area contributed by atoms with Gasteiger partial charge >= 0.3 is 0 Å². The molecule has 1 fully saturated rings. The van der Waals surface area contributed by atoms with Gasteiger partial charge in [0.1, 0.15) is 11.3 Å². The fraction of sp³-hybridized carbons (Fsp3) is 0.188. The molecule has 0 aliphatic heterocycles. The summed E-state index contributed by atoms with van der Waals surface area (Å²) in [6, 6.07) is 13.0. The van der Waals surface area contributed by atoms with E-state index in [1.165, 1.54) is 63.0 Å². The number of halogens is 2. The van der Waals surface area contributed by atoms with E-state index in [0.717, 1.165) is 18.5 Å². The number of nitrogens with zero attached hydrogens (tertiary/aromatic N) is 2. The second-order valence-electron chi connectivity index (χ2n) is 9.94. The molecule has 1 aliphatic rings. The summed E-state index contributed by atoms with van der Waals surface area (Å²) in [5.41, 5.74) is 2.34. The van der Waals surface area contributed by atoms with Gasteiger partial charge in [0, 0.05) is 42.2 Å². The molecule has 1 N–H and O–H groups in total. The van der Waals surface area contributed by atoms with Crippen LogP contribution >= 0.6 is 0 Å². The van der Waals surface area contributed by atoms with Crippen LogP contribution in [0, 0.1) is 11.6 Å². The van der Waals surface area contributed by atoms with Crippen LogP contribution in [0.15, 0.2) is 71.8 Å². The molecule has 0 bridgehead atoms. The van der Waals surface area contributed by atoms with Crippen LogP contribution in [0.4, 0.5) is 8.78 Å². The zero-order chi connectivity index (χ0) is 29.4. The summed E-state index contributed by atoms with van der Waals surface area (Å²) in [6.45, 7) is 0. The first kappa shape index (κ1) is 27.1. The lowest BCUT2D eigenvalue weighted by Gasteiger charge is -2.12. The second kappa shape index (κ2) is 11.0. The van der Waals surface area contributed by atoms with Gasteiger partial charge in [-0.25, -0.2) is 13.8 Å². The van der Waals surface area contributed by atoms with Crippen LogP contribution in [-0.2, 0) is 6.42 Å². The molecule has 1 aliphatic carbocycles. The molecule has 0 unspecified atom stereocenters. The Kier molecular flexibility index (Phi) is 7.12. The highest BCUT2D eigenvalue weighted by Crippen LogP contribution is 2.42. The Balaban J connectivity index is 1.26. The monoisotopic (exact) mass is 569 g/mol. The highest BCUT2D eigenvalue weighted by atomic mass is 19.1. The third-order valence-electron chi connectivity index (χ3n) is 7.13. The van der Waals surface area contributed by atoms with Crippen LogP contribution in [-0.4, -0.2) is 35.0 Å². The van der Waals surface area contributed by atoms with Crippen LogP contribution in [0.3, 0.4) is 0 Å². The molecule has 0 atom stereocenters. The smallest absolute Gasteiger partial charge is 0.257 e. The van der Waals surface area contributed by atoms with Crippen molar-refractivity contribution in [2.75, 3.05) is 14.2 Å². The van der Waals surface area contributed by atoms with Crippen molar-refractivity contribution in [1.29, 1.82) is 0 Å². The van der Waals surface area contributed by atoms with E-state index in [1.807, 2.05) is 0 Å². The van der Waals surface area contributed by atoms with Crippen molar-refractivity contribution in [2.24, 2.45) is 0 Å². The van der Waals surface area contributed by atoms with Crippen molar-refractivity contribution in [3.05, 3.63) is 106 Å². The van der Waals surface area contributed by atoms with Gasteiger partial charge in [-0.1, -0.05) is 18.2 Å². The third kappa shape index (κ3) is 5.18. The predicted octanol–water partition coefficient (Wildman–Crippen LogP) is 6.38. The van der Waals surface area contributed by atoms with E-state index >= 15 is 4.39 Å². The van der Waals surface area contributed by atoms with E-state index < -0.39 is 22.8 Å². The van der Waals surface area contributed by atoms with E-state index in [2.05, 4.69) is 15.0 Å². The third-order valence-corrected chi connectivity index (χ3v) is 7.13.